The molecular weight excluding hydrogens is 529 g/mol. The molecule has 0 unspecified atom stereocenters. The minimum Gasteiger partial charge on any atom is -0.348 e. The first-order chi connectivity index (χ1) is 15.0. The minimum absolute atomic E-state index is 0.0469. The van der Waals surface area contributed by atoms with Crippen molar-refractivity contribution in [1.29, 1.82) is 0 Å². The van der Waals surface area contributed by atoms with E-state index in [1.54, 1.807) is 17.9 Å². The number of halogens is 5. The summed E-state index contributed by atoms with van der Waals surface area (Å²) in [6.07, 6.45) is -1.23. The number of thiocarbonyl (C=S) groups is 1. The second-order valence-electron chi connectivity index (χ2n) is 7.21. The zero-order valence-corrected chi connectivity index (χ0v) is 20.0. The van der Waals surface area contributed by atoms with E-state index in [9.17, 15) is 18.0 Å². The second-order valence-corrected chi connectivity index (χ2v) is 8.97. The van der Waals surface area contributed by atoms with Crippen molar-refractivity contribution in [3.8, 4) is 0 Å². The molecule has 3 N–H and O–H groups in total. The quantitative estimate of drug-likeness (QED) is 0.521. The maximum Gasteiger partial charge on any atom is 0.416 e. The molecule has 1 heterocycles. The van der Waals surface area contributed by atoms with Gasteiger partial charge in [-0.05, 0) is 40.1 Å². The van der Waals surface area contributed by atoms with Crippen LogP contribution >= 0.6 is 39.7 Å². The van der Waals surface area contributed by atoms with Crippen LogP contribution in [-0.4, -0.2) is 33.1 Å². The van der Waals surface area contributed by atoms with Crippen LogP contribution in [0.1, 0.15) is 23.2 Å². The van der Waals surface area contributed by atoms with Crippen molar-refractivity contribution in [2.24, 2.45) is 12.8 Å². The number of nitrogens with zero attached hydrogens (tertiary/aromatic N) is 2. The molecule has 1 aromatic carbocycles. The van der Waals surface area contributed by atoms with Gasteiger partial charge in [-0.3, -0.25) is 9.48 Å². The summed E-state index contributed by atoms with van der Waals surface area (Å²) in [6, 6.07) is 4.50. The zero-order valence-electron chi connectivity index (χ0n) is 16.8. The van der Waals surface area contributed by atoms with E-state index in [1.807, 2.05) is 0 Å². The van der Waals surface area contributed by atoms with Crippen LogP contribution < -0.4 is 11.1 Å². The van der Waals surface area contributed by atoms with Crippen LogP contribution in [0.3, 0.4) is 0 Å². The summed E-state index contributed by atoms with van der Waals surface area (Å²) in [4.78, 5) is 13.2. The molecule has 1 aromatic heterocycles. The fraction of sp³-hybridized carbons (Fsp3) is 0.286. The van der Waals surface area contributed by atoms with Crippen LogP contribution in [-0.2, 0) is 24.4 Å². The lowest BCUT2D eigenvalue weighted by molar-refractivity contribution is -0.138. The number of carbonyl (C=O) groups excluding carboxylic acids is 1. The third kappa shape index (κ3) is 5.31. The summed E-state index contributed by atoms with van der Waals surface area (Å²) in [5.74, 6) is -0.531. The number of nitrogens with one attached hydrogen (secondary N) is 1. The lowest BCUT2D eigenvalue weighted by Crippen LogP contribution is -2.43. The first-order valence-electron chi connectivity index (χ1n) is 9.50. The molecule has 1 atom stereocenters. The molecule has 5 nitrogen and oxygen atoms in total. The SMILES string of the molecule is Cn1ncc(Br)c1C1=C(Cl)C=C(C(=O)N[C@H](CN)Cc2ccccc2C(F)(F)F)C(=S)C1. The number of amides is 1. The molecule has 170 valence electrons. The van der Waals surface area contributed by atoms with Gasteiger partial charge in [0.1, 0.15) is 0 Å². The van der Waals surface area contributed by atoms with Crippen molar-refractivity contribution in [1.82, 2.24) is 15.1 Å². The van der Waals surface area contributed by atoms with Gasteiger partial charge in [-0.2, -0.15) is 18.3 Å². The van der Waals surface area contributed by atoms with Crippen molar-refractivity contribution < 1.29 is 18.0 Å². The predicted octanol–water partition coefficient (Wildman–Crippen LogP) is 4.54. The molecule has 1 aliphatic carbocycles. The van der Waals surface area contributed by atoms with Crippen LogP contribution in [0.2, 0.25) is 0 Å². The van der Waals surface area contributed by atoms with E-state index in [-0.39, 0.29) is 30.5 Å². The van der Waals surface area contributed by atoms with Crippen molar-refractivity contribution >= 4 is 56.1 Å². The number of allylic oxidation sites excluding steroid dienone is 3. The van der Waals surface area contributed by atoms with Crippen molar-refractivity contribution in [2.75, 3.05) is 6.54 Å². The Morgan fingerprint density at radius 2 is 2.09 bits per heavy atom. The third-order valence-corrected chi connectivity index (χ3v) is 6.31. The normalized spacial score (nSPS) is 15.6. The topological polar surface area (TPSA) is 72.9 Å². The van der Waals surface area contributed by atoms with Crippen LogP contribution in [0.25, 0.3) is 5.57 Å². The first kappa shape index (κ1) is 24.6. The number of benzene rings is 1. The van der Waals surface area contributed by atoms with Crippen molar-refractivity contribution in [3.05, 3.63) is 68.4 Å². The minimum atomic E-state index is -4.50. The molecule has 0 saturated carbocycles. The first-order valence-corrected chi connectivity index (χ1v) is 11.1. The second kappa shape index (κ2) is 9.86. The number of hydrogen-bond acceptors (Lipinski definition) is 4. The van der Waals surface area contributed by atoms with Crippen LogP contribution in [0.4, 0.5) is 13.2 Å². The monoisotopic (exact) mass is 546 g/mol. The number of aromatic nitrogens is 2. The fourth-order valence-electron chi connectivity index (χ4n) is 3.47. The van der Waals surface area contributed by atoms with E-state index >= 15 is 0 Å². The Morgan fingerprint density at radius 3 is 2.69 bits per heavy atom. The Morgan fingerprint density at radius 1 is 1.41 bits per heavy atom. The van der Waals surface area contributed by atoms with Gasteiger partial charge in [0.25, 0.3) is 5.91 Å². The smallest absolute Gasteiger partial charge is 0.348 e. The summed E-state index contributed by atoms with van der Waals surface area (Å²) in [5.41, 5.74) is 6.69. The molecule has 0 saturated heterocycles. The fourth-order valence-corrected chi connectivity index (χ4v) is 4.62. The lowest BCUT2D eigenvalue weighted by atomic mass is 9.94. The summed E-state index contributed by atoms with van der Waals surface area (Å²) < 4.78 is 42.2. The van der Waals surface area contributed by atoms with Crippen LogP contribution in [0, 0.1) is 0 Å². The molecule has 0 aliphatic heterocycles. The van der Waals surface area contributed by atoms with Gasteiger partial charge in [0.15, 0.2) is 0 Å². The van der Waals surface area contributed by atoms with Gasteiger partial charge in [0, 0.05) is 41.5 Å². The van der Waals surface area contributed by atoms with Gasteiger partial charge in [0.05, 0.1) is 27.5 Å². The molecule has 1 amide bonds. The highest BCUT2D eigenvalue weighted by Gasteiger charge is 2.33. The number of alkyl halides is 3. The summed E-state index contributed by atoms with van der Waals surface area (Å²) in [7, 11) is 1.76. The Bertz CT molecular complexity index is 1110. The standard InChI is InChI=1S/C21H19BrClF3N4OS/c1-30-19(16(22)10-28-30)13-8-18(32)14(7-17(13)23)20(31)29-12(9-27)6-11-4-2-3-5-15(11)21(24,25)26/h2-5,7,10,12H,6,8-9,27H2,1H3,(H,29,31)/t12-/m0/s1. The number of nitrogens with two attached hydrogens (primary N) is 1. The predicted molar refractivity (Wildman–Crippen MR) is 125 cm³/mol. The highest BCUT2D eigenvalue weighted by Crippen LogP contribution is 2.36. The zero-order chi connectivity index (χ0) is 23.6. The Hall–Kier alpha value is -2.01. The number of aryl methyl sites for hydroxylation is 1. The maximum absolute atomic E-state index is 13.3. The van der Waals surface area contributed by atoms with E-state index in [2.05, 4.69) is 26.3 Å². The van der Waals surface area contributed by atoms with Gasteiger partial charge in [0.2, 0.25) is 0 Å². The average molecular weight is 548 g/mol. The largest absolute Gasteiger partial charge is 0.416 e. The summed E-state index contributed by atoms with van der Waals surface area (Å²) >= 11 is 15.3. The molecule has 0 radical (unpaired) electrons. The van der Waals surface area contributed by atoms with E-state index in [1.165, 1.54) is 24.3 Å². The molecule has 0 bridgehead atoms. The van der Waals surface area contributed by atoms with E-state index < -0.39 is 23.7 Å². The molecule has 32 heavy (non-hydrogen) atoms. The Labute approximate surface area is 201 Å². The lowest BCUT2D eigenvalue weighted by Gasteiger charge is -2.23. The number of hydrogen-bond donors (Lipinski definition) is 2. The highest BCUT2D eigenvalue weighted by atomic mass is 79.9. The maximum atomic E-state index is 13.3. The van der Waals surface area contributed by atoms with Crippen LogP contribution in [0.5, 0.6) is 0 Å². The van der Waals surface area contributed by atoms with Gasteiger partial charge in [-0.15, -0.1) is 0 Å². The van der Waals surface area contributed by atoms with Crippen molar-refractivity contribution in [2.45, 2.75) is 25.1 Å². The summed E-state index contributed by atoms with van der Waals surface area (Å²) in [5, 5.41) is 7.18. The molecule has 11 heteroatoms. The van der Waals surface area contributed by atoms with Crippen molar-refractivity contribution in [3.63, 3.8) is 0 Å². The van der Waals surface area contributed by atoms with E-state index in [0.29, 0.717) is 9.90 Å². The molecule has 0 spiro atoms. The number of carbonyl (C=O) groups is 1. The Balaban J connectivity index is 1.82. The molecular formula is C21H19BrClF3N4OS. The molecule has 1 aliphatic rings. The van der Waals surface area contributed by atoms with Gasteiger partial charge >= 0.3 is 6.18 Å². The van der Waals surface area contributed by atoms with E-state index in [0.717, 1.165) is 21.8 Å². The van der Waals surface area contributed by atoms with Gasteiger partial charge in [-0.1, -0.05) is 42.0 Å². The molecule has 2 aromatic rings. The van der Waals surface area contributed by atoms with E-state index in [4.69, 9.17) is 29.6 Å². The van der Waals surface area contributed by atoms with Gasteiger partial charge in [-0.25, -0.2) is 0 Å². The highest BCUT2D eigenvalue weighted by molar-refractivity contribution is 9.10. The number of rotatable bonds is 6. The van der Waals surface area contributed by atoms with Crippen LogP contribution in [0.15, 0.2) is 51.6 Å². The van der Waals surface area contributed by atoms with Gasteiger partial charge < -0.3 is 11.1 Å². The molecule has 0 fully saturated rings. The third-order valence-electron chi connectivity index (χ3n) is 5.03. The average Bonchev–Trinajstić information content (AvgIpc) is 3.06. The summed E-state index contributed by atoms with van der Waals surface area (Å²) in [6.45, 7) is -0.0469. The molecule has 3 rings (SSSR count). The Kier molecular flexibility index (Phi) is 7.59.